The van der Waals surface area contributed by atoms with Crippen LogP contribution in [0.2, 0.25) is 0 Å². The minimum atomic E-state index is -0.315. The Balaban J connectivity index is 2.54. The fourth-order valence-electron chi connectivity index (χ4n) is 2.69. The normalized spacial score (nSPS) is 18.9. The van der Waals surface area contributed by atoms with Crippen LogP contribution in [0, 0.1) is 11.8 Å². The van der Waals surface area contributed by atoms with Crippen LogP contribution in [-0.2, 0) is 9.59 Å². The van der Waals surface area contributed by atoms with Crippen molar-refractivity contribution < 1.29 is 9.59 Å². The third kappa shape index (κ3) is 5.46. The van der Waals surface area contributed by atoms with Gasteiger partial charge in [0.05, 0.1) is 12.5 Å². The van der Waals surface area contributed by atoms with Crippen LogP contribution in [0.1, 0.15) is 26.7 Å². The summed E-state index contributed by atoms with van der Waals surface area (Å²) in [5.41, 5.74) is 11.0. The van der Waals surface area contributed by atoms with Crippen LogP contribution in [0.25, 0.3) is 0 Å². The first kappa shape index (κ1) is 16.9. The monoisotopic (exact) mass is 284 g/mol. The summed E-state index contributed by atoms with van der Waals surface area (Å²) in [5.74, 6) is 0.218. The average Bonchev–Trinajstić information content (AvgIpc) is 2.59. The van der Waals surface area contributed by atoms with Crippen molar-refractivity contribution >= 4 is 11.8 Å². The van der Waals surface area contributed by atoms with Gasteiger partial charge in [-0.25, -0.2) is 0 Å². The van der Waals surface area contributed by atoms with Crippen LogP contribution < -0.4 is 11.5 Å². The molecule has 0 aromatic heterocycles. The second kappa shape index (κ2) is 8.21. The molecule has 0 aromatic carbocycles. The number of amides is 2. The average molecular weight is 284 g/mol. The Labute approximate surface area is 121 Å². The Kier molecular flexibility index (Phi) is 6.95. The summed E-state index contributed by atoms with van der Waals surface area (Å²) in [6.07, 6.45) is 1.70. The van der Waals surface area contributed by atoms with Crippen molar-refractivity contribution in [2.24, 2.45) is 23.3 Å². The predicted octanol–water partition coefficient (Wildman–Crippen LogP) is -0.373. The number of hydrogen-bond donors (Lipinski definition) is 2. The molecule has 116 valence electrons. The number of nitrogens with zero attached hydrogens (tertiary/aromatic N) is 2. The third-order valence-corrected chi connectivity index (χ3v) is 3.67. The lowest BCUT2D eigenvalue weighted by atomic mass is 9.96. The van der Waals surface area contributed by atoms with E-state index in [1.54, 1.807) is 0 Å². The molecule has 4 N–H and O–H groups in total. The molecule has 1 aliphatic rings. The van der Waals surface area contributed by atoms with Gasteiger partial charge in [-0.1, -0.05) is 13.8 Å². The number of hydrogen-bond acceptors (Lipinski definition) is 4. The zero-order chi connectivity index (χ0) is 15.1. The van der Waals surface area contributed by atoms with E-state index in [4.69, 9.17) is 11.5 Å². The van der Waals surface area contributed by atoms with E-state index < -0.39 is 0 Å². The zero-order valence-electron chi connectivity index (χ0n) is 12.7. The van der Waals surface area contributed by atoms with Gasteiger partial charge in [-0.05, 0) is 18.8 Å². The highest BCUT2D eigenvalue weighted by Gasteiger charge is 2.26. The molecule has 20 heavy (non-hydrogen) atoms. The highest BCUT2D eigenvalue weighted by molar-refractivity contribution is 5.79. The molecule has 1 heterocycles. The molecule has 1 atom stereocenters. The second-order valence-corrected chi connectivity index (χ2v) is 5.98. The number of carbonyl (C=O) groups excluding carboxylic acids is 2. The summed E-state index contributed by atoms with van der Waals surface area (Å²) in [7, 11) is 0. The fraction of sp³-hybridized carbons (Fsp3) is 0.857. The Bertz CT molecular complexity index is 333. The summed E-state index contributed by atoms with van der Waals surface area (Å²) in [5, 5.41) is 0. The molecule has 0 radical (unpaired) electrons. The molecule has 1 unspecified atom stereocenters. The van der Waals surface area contributed by atoms with Crippen molar-refractivity contribution in [1.82, 2.24) is 9.80 Å². The summed E-state index contributed by atoms with van der Waals surface area (Å²) in [6, 6.07) is 0. The largest absolute Gasteiger partial charge is 0.369 e. The van der Waals surface area contributed by atoms with E-state index in [-0.39, 0.29) is 24.3 Å². The standard InChI is InChI=1S/C14H28N4O2/c1-11(2)8-12(9-15)14(20)18-5-3-4-17(6-7-18)10-13(16)19/h11-12H,3-10,15H2,1-2H3,(H2,16,19). The number of primary amides is 1. The maximum atomic E-state index is 12.5. The van der Waals surface area contributed by atoms with Crippen LogP contribution in [0.5, 0.6) is 0 Å². The Morgan fingerprint density at radius 3 is 2.40 bits per heavy atom. The first-order valence-corrected chi connectivity index (χ1v) is 7.43. The highest BCUT2D eigenvalue weighted by Crippen LogP contribution is 2.15. The van der Waals surface area contributed by atoms with Gasteiger partial charge in [-0.3, -0.25) is 14.5 Å². The van der Waals surface area contributed by atoms with Crippen molar-refractivity contribution in [2.45, 2.75) is 26.7 Å². The summed E-state index contributed by atoms with van der Waals surface area (Å²) in [4.78, 5) is 27.3. The Morgan fingerprint density at radius 2 is 1.85 bits per heavy atom. The van der Waals surface area contributed by atoms with Gasteiger partial charge in [0.2, 0.25) is 11.8 Å². The van der Waals surface area contributed by atoms with Crippen molar-refractivity contribution in [1.29, 1.82) is 0 Å². The zero-order valence-corrected chi connectivity index (χ0v) is 12.7. The molecule has 0 aromatic rings. The fourth-order valence-corrected chi connectivity index (χ4v) is 2.69. The number of nitrogens with two attached hydrogens (primary N) is 2. The minimum Gasteiger partial charge on any atom is -0.369 e. The van der Waals surface area contributed by atoms with Crippen LogP contribution in [0.15, 0.2) is 0 Å². The van der Waals surface area contributed by atoms with Crippen molar-refractivity contribution in [3.8, 4) is 0 Å². The number of rotatable bonds is 6. The van der Waals surface area contributed by atoms with Gasteiger partial charge in [0.25, 0.3) is 0 Å². The van der Waals surface area contributed by atoms with Gasteiger partial charge >= 0.3 is 0 Å². The van der Waals surface area contributed by atoms with E-state index in [0.717, 1.165) is 25.9 Å². The van der Waals surface area contributed by atoms with Crippen LogP contribution in [-0.4, -0.2) is 60.9 Å². The van der Waals surface area contributed by atoms with E-state index >= 15 is 0 Å². The van der Waals surface area contributed by atoms with Crippen molar-refractivity contribution in [3.63, 3.8) is 0 Å². The second-order valence-electron chi connectivity index (χ2n) is 5.98. The van der Waals surface area contributed by atoms with Gasteiger partial charge in [0.15, 0.2) is 0 Å². The smallest absolute Gasteiger partial charge is 0.231 e. The summed E-state index contributed by atoms with van der Waals surface area (Å²) >= 11 is 0. The van der Waals surface area contributed by atoms with E-state index in [1.165, 1.54) is 0 Å². The minimum absolute atomic E-state index is 0.0855. The van der Waals surface area contributed by atoms with Crippen LogP contribution in [0.3, 0.4) is 0 Å². The lowest BCUT2D eigenvalue weighted by Gasteiger charge is -2.26. The SMILES string of the molecule is CC(C)CC(CN)C(=O)N1CCCN(CC(N)=O)CC1. The molecule has 1 fully saturated rings. The van der Waals surface area contributed by atoms with Crippen molar-refractivity contribution in [3.05, 3.63) is 0 Å². The molecule has 6 heteroatoms. The first-order valence-electron chi connectivity index (χ1n) is 7.43. The summed E-state index contributed by atoms with van der Waals surface area (Å²) < 4.78 is 0. The quantitative estimate of drug-likeness (QED) is 0.696. The molecular weight excluding hydrogens is 256 g/mol. The third-order valence-electron chi connectivity index (χ3n) is 3.67. The predicted molar refractivity (Wildman–Crippen MR) is 78.8 cm³/mol. The molecule has 6 nitrogen and oxygen atoms in total. The van der Waals surface area contributed by atoms with Crippen LogP contribution in [0.4, 0.5) is 0 Å². The van der Waals surface area contributed by atoms with E-state index in [2.05, 4.69) is 13.8 Å². The Hall–Kier alpha value is -1.14. The molecule has 0 aliphatic carbocycles. The molecule has 0 saturated carbocycles. The molecule has 1 aliphatic heterocycles. The molecule has 0 bridgehead atoms. The van der Waals surface area contributed by atoms with E-state index in [1.807, 2.05) is 9.80 Å². The van der Waals surface area contributed by atoms with E-state index in [9.17, 15) is 9.59 Å². The number of carbonyl (C=O) groups is 2. The van der Waals surface area contributed by atoms with Gasteiger partial charge in [-0.2, -0.15) is 0 Å². The molecule has 1 saturated heterocycles. The van der Waals surface area contributed by atoms with E-state index in [0.29, 0.717) is 25.6 Å². The highest BCUT2D eigenvalue weighted by atomic mass is 16.2. The lowest BCUT2D eigenvalue weighted by molar-refractivity contribution is -0.135. The topological polar surface area (TPSA) is 92.7 Å². The van der Waals surface area contributed by atoms with Gasteiger partial charge in [-0.15, -0.1) is 0 Å². The van der Waals surface area contributed by atoms with Gasteiger partial charge < -0.3 is 16.4 Å². The van der Waals surface area contributed by atoms with Gasteiger partial charge in [0.1, 0.15) is 0 Å². The molecule has 1 rings (SSSR count). The lowest BCUT2D eigenvalue weighted by Crippen LogP contribution is -2.42. The maximum Gasteiger partial charge on any atom is 0.231 e. The molecular formula is C14H28N4O2. The maximum absolute atomic E-state index is 12.5. The summed E-state index contributed by atoms with van der Waals surface area (Å²) in [6.45, 7) is 7.79. The molecule has 0 spiro atoms. The molecule has 2 amide bonds. The van der Waals surface area contributed by atoms with Crippen LogP contribution >= 0.6 is 0 Å². The Morgan fingerprint density at radius 1 is 1.15 bits per heavy atom. The van der Waals surface area contributed by atoms with Gasteiger partial charge in [0, 0.05) is 32.7 Å². The van der Waals surface area contributed by atoms with Crippen molar-refractivity contribution in [2.75, 3.05) is 39.3 Å². The first-order chi connectivity index (χ1) is 9.43.